The number of aromatic hydroxyl groups is 1. The first-order valence-corrected chi connectivity index (χ1v) is 16.5. The van der Waals surface area contributed by atoms with E-state index in [1.807, 2.05) is 60.0 Å². The number of fused-ring (bicyclic) bond motifs is 2. The first-order chi connectivity index (χ1) is 23.0. The van der Waals surface area contributed by atoms with Gasteiger partial charge in [0.15, 0.2) is 17.1 Å². The van der Waals surface area contributed by atoms with E-state index in [2.05, 4.69) is 96.4 Å². The van der Waals surface area contributed by atoms with Crippen molar-refractivity contribution in [3.05, 3.63) is 151 Å². The molecular weight excluding hydrogens is 601 g/mol. The second-order valence-electron chi connectivity index (χ2n) is 12.0. The summed E-state index contributed by atoms with van der Waals surface area (Å²) in [5.74, 6) is 1.50. The summed E-state index contributed by atoms with van der Waals surface area (Å²) >= 11 is 1.80. The van der Waals surface area contributed by atoms with Crippen molar-refractivity contribution in [3.63, 3.8) is 0 Å². The lowest BCUT2D eigenvalue weighted by Crippen LogP contribution is -2.79. The van der Waals surface area contributed by atoms with E-state index >= 15 is 0 Å². The minimum absolute atomic E-state index is 0.147. The van der Waals surface area contributed by atoms with Crippen molar-refractivity contribution in [3.8, 4) is 38.1 Å². The van der Waals surface area contributed by atoms with Gasteiger partial charge in [0, 0.05) is 35.7 Å². The first kappa shape index (κ1) is 27.6. The maximum Gasteiger partial charge on any atom is 0.715 e. The van der Waals surface area contributed by atoms with Crippen LogP contribution in [0.5, 0.6) is 17.2 Å². The van der Waals surface area contributed by atoms with Crippen molar-refractivity contribution >= 4 is 43.9 Å². The second kappa shape index (κ2) is 10.4. The fraction of sp³-hybridized carbons (Fsp3) is 0.0732. The molecule has 1 unspecified atom stereocenters. The molecule has 0 bridgehead atoms. The van der Waals surface area contributed by atoms with Crippen molar-refractivity contribution in [1.82, 2.24) is 0 Å². The summed E-state index contributed by atoms with van der Waals surface area (Å²) in [4.78, 5) is 2.48. The number of para-hydroxylation sites is 2. The number of aromatic nitrogens is 2. The topological polar surface area (TPSA) is 46.5 Å². The molecule has 9 rings (SSSR count). The highest BCUT2D eigenvalue weighted by Crippen LogP contribution is 2.39. The van der Waals surface area contributed by atoms with Gasteiger partial charge in [-0.3, -0.25) is 0 Å². The van der Waals surface area contributed by atoms with Gasteiger partial charge in [-0.2, -0.15) is 0 Å². The van der Waals surface area contributed by atoms with E-state index < -0.39 is 6.03 Å². The van der Waals surface area contributed by atoms with Crippen LogP contribution in [0.3, 0.4) is 0 Å². The van der Waals surface area contributed by atoms with Crippen molar-refractivity contribution in [2.45, 2.75) is 19.9 Å². The summed E-state index contributed by atoms with van der Waals surface area (Å²) in [6.45, 7) is 4.06. The molecule has 0 radical (unpaired) electrons. The molecule has 0 fully saturated rings. The van der Waals surface area contributed by atoms with Gasteiger partial charge in [-0.15, -0.1) is 11.3 Å². The summed E-state index contributed by atoms with van der Waals surface area (Å²) in [6, 6.07) is 45.9. The number of nitrogens with zero attached hydrogens (tertiary/aromatic N) is 2. The molecule has 1 aliphatic rings. The van der Waals surface area contributed by atoms with E-state index in [1.54, 1.807) is 17.4 Å². The highest BCUT2D eigenvalue weighted by Gasteiger charge is 2.66. The summed E-state index contributed by atoms with van der Waals surface area (Å²) in [7, 11) is 0. The average Bonchev–Trinajstić information content (AvgIpc) is 3.72. The minimum atomic E-state index is -1.49. The second-order valence-corrected chi connectivity index (χ2v) is 13.1. The van der Waals surface area contributed by atoms with Gasteiger partial charge in [-0.25, -0.2) is 0 Å². The number of phenolic OH excluding ortho intramolecular Hbond substituents is 1. The van der Waals surface area contributed by atoms with Gasteiger partial charge in [0.25, 0.3) is 11.0 Å². The molecular formula is C41H30N2O3S+2. The summed E-state index contributed by atoms with van der Waals surface area (Å²) in [5, 5.41) is 15.4. The van der Waals surface area contributed by atoms with Gasteiger partial charge in [-0.05, 0) is 97.8 Å². The Morgan fingerprint density at radius 3 is 2.00 bits per heavy atom. The number of pyridine rings is 2. The van der Waals surface area contributed by atoms with E-state index in [9.17, 15) is 5.11 Å². The SMILES string of the molecule is Cc1ccc2cccc(O)c2[n+]1C1(Oc2ccc3cc(-c4ccc(-c5ccccc5)s4)ccc3c2)Oc2cccc3ccc(C)[n+]1c23. The Morgan fingerprint density at radius 2 is 1.21 bits per heavy atom. The number of benzene rings is 5. The van der Waals surface area contributed by atoms with Gasteiger partial charge in [0.1, 0.15) is 5.75 Å². The minimum Gasteiger partial charge on any atom is -0.502 e. The molecule has 47 heavy (non-hydrogen) atoms. The normalized spacial score (nSPS) is 15.4. The average molecular weight is 631 g/mol. The van der Waals surface area contributed by atoms with Crippen LogP contribution >= 0.6 is 11.3 Å². The standard InChI is InChI=1S/C41H29N2O3S/c1-26-14-16-29-10-6-12-35(44)39(29)42(26)41(43-27(2)15-17-30-11-7-13-36(46-41)40(30)43)45-34-21-20-31-24-33(19-18-32(31)25-34)38-23-22-37(47-38)28-8-4-3-5-9-28/h3-25H,1-2H3/q+1/p+1. The monoisotopic (exact) mass is 630 g/mol. The van der Waals surface area contributed by atoms with Crippen molar-refractivity contribution in [1.29, 1.82) is 0 Å². The number of hydrogen-bond donors (Lipinski definition) is 1. The van der Waals surface area contributed by atoms with Crippen molar-refractivity contribution in [2.24, 2.45) is 0 Å². The number of thiophene rings is 1. The number of aryl methyl sites for hydroxylation is 2. The van der Waals surface area contributed by atoms with Crippen LogP contribution in [-0.2, 0) is 6.03 Å². The molecule has 1 aliphatic heterocycles. The maximum atomic E-state index is 11.3. The molecule has 5 nitrogen and oxygen atoms in total. The Hall–Kier alpha value is -5.72. The zero-order valence-electron chi connectivity index (χ0n) is 25.8. The van der Waals surface area contributed by atoms with Crippen LogP contribution in [0.1, 0.15) is 11.4 Å². The highest BCUT2D eigenvalue weighted by molar-refractivity contribution is 7.18. The van der Waals surface area contributed by atoms with E-state index in [1.165, 1.54) is 20.9 Å². The van der Waals surface area contributed by atoms with E-state index in [0.29, 0.717) is 17.0 Å². The Bertz CT molecular complexity index is 2520. The van der Waals surface area contributed by atoms with Crippen LogP contribution in [-0.4, -0.2) is 5.11 Å². The summed E-state index contributed by atoms with van der Waals surface area (Å²) in [5.41, 5.74) is 5.79. The van der Waals surface area contributed by atoms with E-state index in [4.69, 9.17) is 9.47 Å². The van der Waals surface area contributed by atoms with Crippen LogP contribution in [0.2, 0.25) is 0 Å². The smallest absolute Gasteiger partial charge is 0.502 e. The van der Waals surface area contributed by atoms with Gasteiger partial charge in [0.2, 0.25) is 5.75 Å². The molecule has 8 aromatic rings. The van der Waals surface area contributed by atoms with Crippen LogP contribution < -0.4 is 18.6 Å². The summed E-state index contributed by atoms with van der Waals surface area (Å²) in [6.07, 6.45) is 0. The lowest BCUT2D eigenvalue weighted by molar-refractivity contribution is -1.04. The molecule has 4 heterocycles. The predicted molar refractivity (Wildman–Crippen MR) is 187 cm³/mol. The lowest BCUT2D eigenvalue weighted by Gasteiger charge is -2.21. The highest BCUT2D eigenvalue weighted by atomic mass is 32.1. The van der Waals surface area contributed by atoms with Gasteiger partial charge in [0.05, 0.1) is 10.8 Å². The fourth-order valence-corrected chi connectivity index (χ4v) is 7.87. The molecule has 0 saturated heterocycles. The van der Waals surface area contributed by atoms with Gasteiger partial charge in [-0.1, -0.05) is 60.7 Å². The Balaban J connectivity index is 1.19. The Labute approximate surface area is 275 Å². The third-order valence-electron chi connectivity index (χ3n) is 9.06. The molecule has 5 aromatic carbocycles. The molecule has 0 spiro atoms. The van der Waals surface area contributed by atoms with E-state index in [0.717, 1.165) is 38.4 Å². The Morgan fingerprint density at radius 1 is 0.574 bits per heavy atom. The molecule has 0 amide bonds. The number of hydrogen-bond acceptors (Lipinski definition) is 4. The van der Waals surface area contributed by atoms with Gasteiger partial charge < -0.3 is 14.6 Å². The van der Waals surface area contributed by atoms with Crippen LogP contribution in [0.15, 0.2) is 140 Å². The third kappa shape index (κ3) is 4.29. The molecule has 0 saturated carbocycles. The Kier molecular flexibility index (Phi) is 6.11. The largest absolute Gasteiger partial charge is 0.715 e. The zero-order chi connectivity index (χ0) is 31.7. The van der Waals surface area contributed by atoms with Crippen molar-refractivity contribution < 1.29 is 23.7 Å². The quantitative estimate of drug-likeness (QED) is 0.193. The molecule has 6 heteroatoms. The summed E-state index contributed by atoms with van der Waals surface area (Å²) < 4.78 is 18.1. The zero-order valence-corrected chi connectivity index (χ0v) is 26.7. The van der Waals surface area contributed by atoms with Crippen LogP contribution in [0.4, 0.5) is 0 Å². The van der Waals surface area contributed by atoms with Crippen molar-refractivity contribution in [2.75, 3.05) is 0 Å². The lowest BCUT2D eigenvalue weighted by atomic mass is 10.1. The van der Waals surface area contributed by atoms with Gasteiger partial charge >= 0.3 is 6.03 Å². The molecule has 1 N–H and O–H groups in total. The number of phenols is 1. The maximum absolute atomic E-state index is 11.3. The predicted octanol–water partition coefficient (Wildman–Crippen LogP) is 9.03. The number of ether oxygens (including phenoxy) is 2. The molecule has 3 aromatic heterocycles. The fourth-order valence-electron chi connectivity index (χ4n) is 6.86. The van der Waals surface area contributed by atoms with E-state index in [-0.39, 0.29) is 5.75 Å². The van der Waals surface area contributed by atoms with Crippen LogP contribution in [0, 0.1) is 13.8 Å². The number of rotatable bonds is 5. The first-order valence-electron chi connectivity index (χ1n) is 15.6. The third-order valence-corrected chi connectivity index (χ3v) is 10.2. The molecule has 226 valence electrons. The molecule has 0 aliphatic carbocycles. The molecule has 1 atom stereocenters. The van der Waals surface area contributed by atoms with Crippen LogP contribution in [0.25, 0.3) is 53.5 Å².